The van der Waals surface area contributed by atoms with E-state index in [1.165, 1.54) is 6.92 Å². The van der Waals surface area contributed by atoms with E-state index in [4.69, 9.17) is 23.7 Å². The summed E-state index contributed by atoms with van der Waals surface area (Å²) in [5.74, 6) is 0. The first-order valence-corrected chi connectivity index (χ1v) is 9.86. The minimum absolute atomic E-state index is 0.620. The van der Waals surface area contributed by atoms with Crippen molar-refractivity contribution in [2.45, 2.75) is 92.9 Å². The van der Waals surface area contributed by atoms with Crippen LogP contribution in [0, 0.1) is 0 Å². The Bertz CT molecular complexity index is 579. The average molecular weight is 458 g/mol. The van der Waals surface area contributed by atoms with Gasteiger partial charge in [-0.2, -0.15) is 0 Å². The van der Waals surface area contributed by atoms with E-state index in [9.17, 15) is 46.0 Å². The second-order valence-electron chi connectivity index (χ2n) is 7.83. The molecule has 3 fully saturated rings. The molecule has 0 aromatic heterocycles. The van der Waals surface area contributed by atoms with Crippen LogP contribution in [-0.4, -0.2) is 145 Å². The minimum Gasteiger partial charge on any atom is -0.394 e. The lowest BCUT2D eigenvalue weighted by molar-refractivity contribution is -0.369. The van der Waals surface area contributed by atoms with E-state index >= 15 is 0 Å². The molecule has 1 unspecified atom stereocenters. The maximum Gasteiger partial charge on any atom is 0.187 e. The second-order valence-corrected chi connectivity index (χ2v) is 7.83. The zero-order chi connectivity index (χ0) is 23.0. The highest BCUT2D eigenvalue weighted by Gasteiger charge is 2.53. The number of ether oxygens (including phenoxy) is 5. The molecule has 0 saturated carbocycles. The highest BCUT2D eigenvalue weighted by molar-refractivity contribution is 4.95. The molecule has 0 aliphatic carbocycles. The van der Waals surface area contributed by atoms with Gasteiger partial charge in [0.2, 0.25) is 0 Å². The molecule has 182 valence electrons. The van der Waals surface area contributed by atoms with Crippen molar-refractivity contribution in [1.82, 2.24) is 0 Å². The van der Waals surface area contributed by atoms with Crippen LogP contribution in [0.3, 0.4) is 0 Å². The van der Waals surface area contributed by atoms with E-state index in [-0.39, 0.29) is 0 Å². The molecule has 14 heteroatoms. The highest BCUT2D eigenvalue weighted by atomic mass is 16.8. The first-order chi connectivity index (χ1) is 14.6. The standard InChI is InChI=1S/C17H30O14/c1-4-7(20)9(22)14(31-16-12(25)8(21)5(2-18)29-16)17(27-4)30-13-6(3-19)28-15(26)11(24)10(13)23/h4-26H,2-3H2,1H3/t4-,5-,6+,7-,8-,9+,10+,11+,12+,13+,14+,15?,16-,17-/m0/s1. The van der Waals surface area contributed by atoms with Gasteiger partial charge in [-0.1, -0.05) is 0 Å². The van der Waals surface area contributed by atoms with Crippen molar-refractivity contribution in [2.24, 2.45) is 0 Å². The Kier molecular flexibility index (Phi) is 8.21. The molecule has 9 N–H and O–H groups in total. The van der Waals surface area contributed by atoms with Gasteiger partial charge in [0.1, 0.15) is 61.0 Å². The Morgan fingerprint density at radius 3 is 1.74 bits per heavy atom. The number of rotatable bonds is 6. The van der Waals surface area contributed by atoms with Gasteiger partial charge in [-0.05, 0) is 6.92 Å². The third-order valence-electron chi connectivity index (χ3n) is 5.70. The van der Waals surface area contributed by atoms with E-state index < -0.39 is 99.2 Å². The van der Waals surface area contributed by atoms with Crippen molar-refractivity contribution in [3.63, 3.8) is 0 Å². The van der Waals surface area contributed by atoms with Crippen LogP contribution >= 0.6 is 0 Å². The van der Waals surface area contributed by atoms with Crippen molar-refractivity contribution in [3.8, 4) is 0 Å². The van der Waals surface area contributed by atoms with Gasteiger partial charge in [-0.25, -0.2) is 0 Å². The molecule has 3 aliphatic heterocycles. The summed E-state index contributed by atoms with van der Waals surface area (Å²) < 4.78 is 26.9. The third kappa shape index (κ3) is 4.87. The molecule has 31 heavy (non-hydrogen) atoms. The predicted molar refractivity (Wildman–Crippen MR) is 93.8 cm³/mol. The molecule has 3 saturated heterocycles. The maximum atomic E-state index is 10.5. The number of aliphatic hydroxyl groups is 9. The van der Waals surface area contributed by atoms with Crippen molar-refractivity contribution >= 4 is 0 Å². The summed E-state index contributed by atoms with van der Waals surface area (Å²) >= 11 is 0. The van der Waals surface area contributed by atoms with E-state index in [2.05, 4.69) is 0 Å². The minimum atomic E-state index is -1.78. The van der Waals surface area contributed by atoms with E-state index in [1.807, 2.05) is 0 Å². The molecule has 0 aromatic rings. The van der Waals surface area contributed by atoms with Gasteiger partial charge in [0.05, 0.1) is 19.3 Å². The van der Waals surface area contributed by atoms with Crippen LogP contribution in [0.1, 0.15) is 6.92 Å². The van der Waals surface area contributed by atoms with Gasteiger partial charge < -0.3 is 69.6 Å². The predicted octanol–water partition coefficient (Wildman–Crippen LogP) is -5.91. The SMILES string of the molecule is C[C@@H]1O[C@@H](O[C@H]2[C@H](O)[C@@H](O)C(O)O[C@@H]2CO)[C@H](O[C@@H]2O[C@@H](CO)[C@H](O)[C@H]2O)[C@H](O)[C@H]1O. The van der Waals surface area contributed by atoms with Crippen molar-refractivity contribution in [3.05, 3.63) is 0 Å². The molecule has 0 aromatic carbocycles. The van der Waals surface area contributed by atoms with Gasteiger partial charge in [-0.3, -0.25) is 0 Å². The molecule has 14 nitrogen and oxygen atoms in total. The van der Waals surface area contributed by atoms with Crippen LogP contribution in [0.4, 0.5) is 0 Å². The molecular formula is C17H30O14. The Balaban J connectivity index is 1.79. The summed E-state index contributed by atoms with van der Waals surface area (Å²) in [6.45, 7) is 0.0908. The van der Waals surface area contributed by atoms with E-state index in [1.54, 1.807) is 0 Å². The maximum absolute atomic E-state index is 10.5. The molecule has 3 aliphatic rings. The topological polar surface area (TPSA) is 228 Å². The molecule has 0 amide bonds. The monoisotopic (exact) mass is 458 g/mol. The normalized spacial score (nSPS) is 53.6. The Morgan fingerprint density at radius 1 is 0.581 bits per heavy atom. The van der Waals surface area contributed by atoms with Crippen molar-refractivity contribution in [2.75, 3.05) is 13.2 Å². The molecule has 3 heterocycles. The fraction of sp³-hybridized carbons (Fsp3) is 1.00. The van der Waals surface area contributed by atoms with Crippen LogP contribution in [0.15, 0.2) is 0 Å². The summed E-state index contributed by atoms with van der Waals surface area (Å²) in [4.78, 5) is 0. The largest absolute Gasteiger partial charge is 0.394 e. The molecule has 3 rings (SSSR count). The molecule has 0 bridgehead atoms. The lowest BCUT2D eigenvalue weighted by atomic mass is 9.97. The van der Waals surface area contributed by atoms with E-state index in [0.29, 0.717) is 0 Å². The zero-order valence-corrected chi connectivity index (χ0v) is 16.6. The van der Waals surface area contributed by atoms with Crippen LogP contribution in [0.5, 0.6) is 0 Å². The second kappa shape index (κ2) is 10.1. The molecule has 14 atom stereocenters. The van der Waals surface area contributed by atoms with Crippen molar-refractivity contribution in [1.29, 1.82) is 0 Å². The van der Waals surface area contributed by atoms with Crippen LogP contribution < -0.4 is 0 Å². The molecule has 0 radical (unpaired) electrons. The summed E-state index contributed by atoms with van der Waals surface area (Å²) in [5, 5.41) is 89.1. The fourth-order valence-corrected chi connectivity index (χ4v) is 3.78. The van der Waals surface area contributed by atoms with Gasteiger partial charge in [0, 0.05) is 0 Å². The van der Waals surface area contributed by atoms with Gasteiger partial charge >= 0.3 is 0 Å². The molecular weight excluding hydrogens is 428 g/mol. The zero-order valence-electron chi connectivity index (χ0n) is 16.6. The van der Waals surface area contributed by atoms with Crippen LogP contribution in [0.25, 0.3) is 0 Å². The average Bonchev–Trinajstić information content (AvgIpc) is 3.02. The lowest BCUT2D eigenvalue weighted by Gasteiger charge is -2.46. The van der Waals surface area contributed by atoms with E-state index in [0.717, 1.165) is 0 Å². The Labute approximate surface area is 176 Å². The Hall–Kier alpha value is -0.560. The summed E-state index contributed by atoms with van der Waals surface area (Å²) in [6.07, 6.45) is -20.9. The summed E-state index contributed by atoms with van der Waals surface area (Å²) in [6, 6.07) is 0. The van der Waals surface area contributed by atoms with Gasteiger partial charge in [0.15, 0.2) is 18.9 Å². The number of hydrogen-bond acceptors (Lipinski definition) is 14. The smallest absolute Gasteiger partial charge is 0.187 e. The Morgan fingerprint density at radius 2 is 1.16 bits per heavy atom. The number of hydrogen-bond donors (Lipinski definition) is 9. The van der Waals surface area contributed by atoms with Crippen molar-refractivity contribution < 1.29 is 69.6 Å². The number of aliphatic hydroxyl groups excluding tert-OH is 9. The van der Waals surface area contributed by atoms with Crippen LogP contribution in [-0.2, 0) is 23.7 Å². The highest BCUT2D eigenvalue weighted by Crippen LogP contribution is 2.32. The van der Waals surface area contributed by atoms with Crippen LogP contribution in [0.2, 0.25) is 0 Å². The van der Waals surface area contributed by atoms with Gasteiger partial charge in [-0.15, -0.1) is 0 Å². The summed E-state index contributed by atoms with van der Waals surface area (Å²) in [5.41, 5.74) is 0. The summed E-state index contributed by atoms with van der Waals surface area (Å²) in [7, 11) is 0. The van der Waals surface area contributed by atoms with Gasteiger partial charge in [0.25, 0.3) is 0 Å². The first kappa shape index (κ1) is 25.1. The first-order valence-electron chi connectivity index (χ1n) is 9.86. The molecule has 0 spiro atoms. The fourth-order valence-electron chi connectivity index (χ4n) is 3.78. The quantitative estimate of drug-likeness (QED) is 0.181. The lowest BCUT2D eigenvalue weighted by Crippen LogP contribution is -2.64. The third-order valence-corrected chi connectivity index (χ3v) is 5.70.